The van der Waals surface area contributed by atoms with Crippen LogP contribution in [0.4, 0.5) is 0 Å². The Morgan fingerprint density at radius 1 is 1.06 bits per heavy atom. The molecular formula is C24H19Cl2N5O2S. The summed E-state index contributed by atoms with van der Waals surface area (Å²) >= 11 is 13.3. The number of nitrogens with one attached hydrogen (secondary N) is 2. The highest BCUT2D eigenvalue weighted by molar-refractivity contribution is 7.99. The molecule has 7 nitrogen and oxygen atoms in total. The van der Waals surface area contributed by atoms with Gasteiger partial charge in [0.1, 0.15) is 5.69 Å². The van der Waals surface area contributed by atoms with Crippen LogP contribution in [0.1, 0.15) is 12.5 Å². The van der Waals surface area contributed by atoms with Crippen molar-refractivity contribution >= 4 is 46.6 Å². The molecule has 0 saturated heterocycles. The number of hydrogen-bond acceptors (Lipinski definition) is 5. The van der Waals surface area contributed by atoms with E-state index in [1.807, 2.05) is 28.8 Å². The molecule has 1 amide bonds. The molecule has 0 atom stereocenters. The molecule has 0 fully saturated rings. The van der Waals surface area contributed by atoms with Crippen LogP contribution in [-0.4, -0.2) is 27.6 Å². The van der Waals surface area contributed by atoms with Crippen LogP contribution in [0.2, 0.25) is 10.0 Å². The van der Waals surface area contributed by atoms with Gasteiger partial charge in [0.2, 0.25) is 0 Å². The van der Waals surface area contributed by atoms with Crippen molar-refractivity contribution in [2.75, 3.05) is 5.75 Å². The number of thioether (sulfide) groups is 1. The number of aromatic amines is 1. The van der Waals surface area contributed by atoms with Gasteiger partial charge in [-0.1, -0.05) is 53.2 Å². The maximum absolute atomic E-state index is 12.4. The van der Waals surface area contributed by atoms with Gasteiger partial charge in [0.15, 0.2) is 0 Å². The highest BCUT2D eigenvalue weighted by Crippen LogP contribution is 2.22. The van der Waals surface area contributed by atoms with Crippen molar-refractivity contribution in [1.82, 2.24) is 15.6 Å². The molecule has 2 N–H and O–H groups in total. The number of H-pyrrole nitrogens is 1. The summed E-state index contributed by atoms with van der Waals surface area (Å²) in [4.78, 5) is 12.4. The monoisotopic (exact) mass is 511 g/mol. The molecule has 172 valence electrons. The average molecular weight is 512 g/mol. The molecule has 34 heavy (non-hydrogen) atoms. The van der Waals surface area contributed by atoms with Crippen LogP contribution in [-0.2, 0) is 4.79 Å². The molecule has 0 unspecified atom stereocenters. The molecule has 1 aromatic heterocycles. The van der Waals surface area contributed by atoms with Crippen molar-refractivity contribution in [3.8, 4) is 22.8 Å². The summed E-state index contributed by atoms with van der Waals surface area (Å²) in [5.74, 6) is 0.311. The number of carbonyl (C=O) groups excluding carboxylic acids is 1. The van der Waals surface area contributed by atoms with Crippen LogP contribution in [0.25, 0.3) is 17.1 Å². The van der Waals surface area contributed by atoms with Gasteiger partial charge in [-0.2, -0.15) is 9.67 Å². The Hall–Kier alpha value is -3.33. The molecule has 3 aromatic carbocycles. The van der Waals surface area contributed by atoms with Gasteiger partial charge < -0.3 is 5.11 Å². The van der Waals surface area contributed by atoms with E-state index in [1.54, 1.807) is 49.4 Å². The van der Waals surface area contributed by atoms with Crippen molar-refractivity contribution in [1.29, 1.82) is 0 Å². The summed E-state index contributed by atoms with van der Waals surface area (Å²) in [6.45, 7) is 1.67. The van der Waals surface area contributed by atoms with Gasteiger partial charge in [-0.25, -0.2) is 5.43 Å². The molecule has 0 spiro atoms. The molecule has 0 aliphatic carbocycles. The van der Waals surface area contributed by atoms with E-state index in [2.05, 4.69) is 20.7 Å². The second kappa shape index (κ2) is 10.7. The van der Waals surface area contributed by atoms with Crippen molar-refractivity contribution in [2.24, 2.45) is 5.10 Å². The van der Waals surface area contributed by atoms with Crippen LogP contribution in [0.15, 0.2) is 83.1 Å². The molecule has 0 bridgehead atoms. The van der Waals surface area contributed by atoms with Crippen LogP contribution in [0.5, 0.6) is 5.75 Å². The lowest BCUT2D eigenvalue weighted by molar-refractivity contribution is -0.625. The Labute approximate surface area is 210 Å². The standard InChI is InChI=1S/C24H19Cl2N5O2S/c1-15(20-4-2-3-5-21(20)32)27-28-22(33)14-34-24-30-29-23(16-6-8-17(25)9-7-16)31(24)19-12-10-18(26)11-13-19/h2-13H,14H2,1H3,(H2,27,28,32,33). The van der Waals surface area contributed by atoms with Gasteiger partial charge in [-0.05, 0) is 72.8 Å². The lowest BCUT2D eigenvalue weighted by Crippen LogP contribution is -2.34. The summed E-state index contributed by atoms with van der Waals surface area (Å²) in [6.07, 6.45) is 0. The molecule has 1 heterocycles. The summed E-state index contributed by atoms with van der Waals surface area (Å²) in [6, 6.07) is 21.2. The average Bonchev–Trinajstić information content (AvgIpc) is 3.26. The first kappa shape index (κ1) is 23.8. The minimum absolute atomic E-state index is 0.0638. The highest BCUT2D eigenvalue weighted by atomic mass is 35.5. The molecule has 0 aliphatic rings. The molecule has 10 heteroatoms. The first-order chi connectivity index (χ1) is 16.4. The van der Waals surface area contributed by atoms with Gasteiger partial charge >= 0.3 is 5.16 Å². The third-order valence-electron chi connectivity index (χ3n) is 4.83. The largest absolute Gasteiger partial charge is 0.872 e. The number of aromatic nitrogens is 3. The summed E-state index contributed by atoms with van der Waals surface area (Å²) in [5.41, 5.74) is 5.08. The third-order valence-corrected chi connectivity index (χ3v) is 6.27. The number of halogens is 2. The zero-order valence-corrected chi connectivity index (χ0v) is 20.3. The Kier molecular flexibility index (Phi) is 7.52. The Bertz CT molecular complexity index is 1340. The van der Waals surface area contributed by atoms with Gasteiger partial charge in [0.05, 0.1) is 22.1 Å². The molecule has 4 rings (SSSR count). The second-order valence-electron chi connectivity index (χ2n) is 7.19. The first-order valence-corrected chi connectivity index (χ1v) is 11.9. The highest BCUT2D eigenvalue weighted by Gasteiger charge is 2.24. The fraction of sp³-hybridized carbons (Fsp3) is 0.0833. The number of rotatable bonds is 7. The maximum Gasteiger partial charge on any atom is 0.342 e. The van der Waals surface area contributed by atoms with E-state index in [9.17, 15) is 9.90 Å². The number of para-hydroxylation sites is 1. The number of hydrazone groups is 1. The minimum atomic E-state index is -0.327. The van der Waals surface area contributed by atoms with Crippen LogP contribution in [0, 0.1) is 0 Å². The topological polar surface area (TPSA) is 97.1 Å². The number of hydrogen-bond donors (Lipinski definition) is 2. The third kappa shape index (κ3) is 5.59. The number of nitrogens with zero attached hydrogens (tertiary/aromatic N) is 3. The predicted octanol–water partition coefficient (Wildman–Crippen LogP) is 4.37. The maximum atomic E-state index is 12.4. The minimum Gasteiger partial charge on any atom is -0.872 e. The molecular weight excluding hydrogens is 493 g/mol. The number of carbonyl (C=O) groups is 1. The van der Waals surface area contributed by atoms with Gasteiger partial charge in [0.25, 0.3) is 11.7 Å². The SMILES string of the molecule is CC(=NNC(=O)CSc1n[nH]c(-c2ccc(Cl)cc2)[n+]1-c1ccc(Cl)cc1)c1ccccc1[O-]. The van der Waals surface area contributed by atoms with Gasteiger partial charge in [-0.15, -0.1) is 5.10 Å². The predicted molar refractivity (Wildman–Crippen MR) is 133 cm³/mol. The van der Waals surface area contributed by atoms with Crippen molar-refractivity contribution < 1.29 is 14.5 Å². The summed E-state index contributed by atoms with van der Waals surface area (Å²) in [7, 11) is 0. The van der Waals surface area contributed by atoms with Gasteiger partial charge in [-0.3, -0.25) is 4.79 Å². The van der Waals surface area contributed by atoms with E-state index in [4.69, 9.17) is 23.2 Å². The number of benzene rings is 3. The van der Waals surface area contributed by atoms with Crippen molar-refractivity contribution in [2.45, 2.75) is 12.1 Å². The lowest BCUT2D eigenvalue weighted by Gasteiger charge is -2.12. The molecule has 0 aliphatic heterocycles. The van der Waals surface area contributed by atoms with E-state index < -0.39 is 0 Å². The van der Waals surface area contributed by atoms with E-state index in [1.165, 1.54) is 17.8 Å². The molecule has 4 aromatic rings. The van der Waals surface area contributed by atoms with Crippen molar-refractivity contribution in [3.05, 3.63) is 88.4 Å². The van der Waals surface area contributed by atoms with Crippen LogP contribution < -0.4 is 15.1 Å². The van der Waals surface area contributed by atoms with Crippen LogP contribution in [0.3, 0.4) is 0 Å². The first-order valence-electron chi connectivity index (χ1n) is 10.2. The summed E-state index contributed by atoms with van der Waals surface area (Å²) < 4.78 is 1.90. The Morgan fingerprint density at radius 3 is 2.38 bits per heavy atom. The lowest BCUT2D eigenvalue weighted by atomic mass is 10.1. The quantitative estimate of drug-likeness (QED) is 0.166. The van der Waals surface area contributed by atoms with E-state index in [0.717, 1.165) is 17.1 Å². The molecule has 0 saturated carbocycles. The van der Waals surface area contributed by atoms with E-state index >= 15 is 0 Å². The zero-order valence-electron chi connectivity index (χ0n) is 18.0. The van der Waals surface area contributed by atoms with E-state index in [0.29, 0.717) is 26.5 Å². The second-order valence-corrected chi connectivity index (χ2v) is 9.01. The fourth-order valence-electron chi connectivity index (χ4n) is 3.16. The number of amides is 1. The fourth-order valence-corrected chi connectivity index (χ4v) is 4.17. The summed E-state index contributed by atoms with van der Waals surface area (Å²) in [5, 5.41) is 25.3. The van der Waals surface area contributed by atoms with Crippen molar-refractivity contribution in [3.63, 3.8) is 0 Å². The Morgan fingerprint density at radius 2 is 1.71 bits per heavy atom. The van der Waals surface area contributed by atoms with Crippen LogP contribution >= 0.6 is 35.0 Å². The Balaban J connectivity index is 1.54. The van der Waals surface area contributed by atoms with E-state index in [-0.39, 0.29) is 17.4 Å². The van der Waals surface area contributed by atoms with Gasteiger partial charge in [0, 0.05) is 10.0 Å². The zero-order chi connectivity index (χ0) is 24.1. The normalized spacial score (nSPS) is 11.4. The smallest absolute Gasteiger partial charge is 0.342 e. The molecule has 0 radical (unpaired) electrons.